The lowest BCUT2D eigenvalue weighted by molar-refractivity contribution is -0.120. The number of aromatic carboxylic acids is 1. The molecule has 2 amide bonds. The number of para-hydroxylation sites is 1. The van der Waals surface area contributed by atoms with E-state index in [1.807, 2.05) is 36.4 Å². The lowest BCUT2D eigenvalue weighted by atomic mass is 9.92. The predicted molar refractivity (Wildman–Crippen MR) is 144 cm³/mol. The fraction of sp³-hybridized carbons (Fsp3) is 0.300. The molecule has 0 radical (unpaired) electrons. The molecule has 0 heterocycles. The van der Waals surface area contributed by atoms with E-state index >= 15 is 0 Å². The highest BCUT2D eigenvalue weighted by molar-refractivity contribution is 6.02. The average molecular weight is 517 g/mol. The molecule has 0 unspecified atom stereocenters. The van der Waals surface area contributed by atoms with Crippen LogP contribution in [0.15, 0.2) is 72.8 Å². The fourth-order valence-electron chi connectivity index (χ4n) is 4.61. The van der Waals surface area contributed by atoms with Gasteiger partial charge in [0.15, 0.2) is 0 Å². The number of ether oxygens (including phenoxy) is 2. The van der Waals surface area contributed by atoms with Crippen molar-refractivity contribution in [1.82, 2.24) is 5.32 Å². The summed E-state index contributed by atoms with van der Waals surface area (Å²) in [6.07, 6.45) is 4.05. The summed E-state index contributed by atoms with van der Waals surface area (Å²) in [6, 6.07) is 21.0. The highest BCUT2D eigenvalue weighted by atomic mass is 16.5. The summed E-state index contributed by atoms with van der Waals surface area (Å²) < 4.78 is 12.1. The number of hydrogen-bond donors (Lipinski definition) is 2. The molecular weight excluding hydrogens is 484 g/mol. The normalized spacial score (nSPS) is 16.8. The molecular formula is C30H32N2O6. The Labute approximate surface area is 222 Å². The molecule has 0 spiro atoms. The SMILES string of the molecule is CC(=O)N[C@H]1CCCC[C@@H]1Oc1ccc(Oc2ccc(CC(=O)N(C)c3ccccc3C(=O)O)cc2)cc1. The van der Waals surface area contributed by atoms with E-state index in [0.717, 1.165) is 37.0 Å². The minimum Gasteiger partial charge on any atom is -0.488 e. The van der Waals surface area contributed by atoms with Crippen LogP contribution in [0.3, 0.4) is 0 Å². The van der Waals surface area contributed by atoms with Crippen LogP contribution in [0, 0.1) is 0 Å². The second-order valence-electron chi connectivity index (χ2n) is 9.42. The van der Waals surface area contributed by atoms with E-state index in [9.17, 15) is 19.5 Å². The Morgan fingerprint density at radius 1 is 0.895 bits per heavy atom. The third-order valence-corrected chi connectivity index (χ3v) is 6.59. The average Bonchev–Trinajstić information content (AvgIpc) is 2.91. The Kier molecular flexibility index (Phi) is 8.63. The van der Waals surface area contributed by atoms with Gasteiger partial charge >= 0.3 is 5.97 Å². The highest BCUT2D eigenvalue weighted by Crippen LogP contribution is 2.28. The number of carboxylic acid groups (broad SMARTS) is 1. The zero-order valence-corrected chi connectivity index (χ0v) is 21.6. The number of likely N-dealkylation sites (N-methyl/N-ethyl adjacent to an activating group) is 1. The highest BCUT2D eigenvalue weighted by Gasteiger charge is 2.27. The van der Waals surface area contributed by atoms with Crippen molar-refractivity contribution in [3.63, 3.8) is 0 Å². The van der Waals surface area contributed by atoms with Crippen molar-refractivity contribution in [1.29, 1.82) is 0 Å². The van der Waals surface area contributed by atoms with Gasteiger partial charge in [-0.3, -0.25) is 9.59 Å². The third kappa shape index (κ3) is 6.91. The van der Waals surface area contributed by atoms with E-state index < -0.39 is 5.97 Å². The summed E-state index contributed by atoms with van der Waals surface area (Å²) in [5.74, 6) is 0.652. The first kappa shape index (κ1) is 26.7. The van der Waals surface area contributed by atoms with Gasteiger partial charge in [-0.2, -0.15) is 0 Å². The third-order valence-electron chi connectivity index (χ3n) is 6.59. The Morgan fingerprint density at radius 3 is 2.16 bits per heavy atom. The molecule has 3 aromatic carbocycles. The van der Waals surface area contributed by atoms with Gasteiger partial charge in [0.1, 0.15) is 23.4 Å². The number of nitrogens with one attached hydrogen (secondary N) is 1. The van der Waals surface area contributed by atoms with E-state index in [-0.39, 0.29) is 35.9 Å². The first-order valence-corrected chi connectivity index (χ1v) is 12.7. The molecule has 198 valence electrons. The van der Waals surface area contributed by atoms with Gasteiger partial charge in [-0.1, -0.05) is 30.7 Å². The fourth-order valence-corrected chi connectivity index (χ4v) is 4.61. The zero-order chi connectivity index (χ0) is 27.1. The van der Waals surface area contributed by atoms with Crippen molar-refractivity contribution in [2.75, 3.05) is 11.9 Å². The van der Waals surface area contributed by atoms with Crippen LogP contribution < -0.4 is 19.7 Å². The second-order valence-corrected chi connectivity index (χ2v) is 9.42. The lowest BCUT2D eigenvalue weighted by Gasteiger charge is -2.32. The maximum atomic E-state index is 12.8. The summed E-state index contributed by atoms with van der Waals surface area (Å²) >= 11 is 0. The summed E-state index contributed by atoms with van der Waals surface area (Å²) in [6.45, 7) is 1.53. The molecule has 2 atom stereocenters. The van der Waals surface area contributed by atoms with Crippen LogP contribution in [0.2, 0.25) is 0 Å². The van der Waals surface area contributed by atoms with Crippen LogP contribution in [0.25, 0.3) is 0 Å². The molecule has 1 saturated carbocycles. The molecule has 38 heavy (non-hydrogen) atoms. The number of anilines is 1. The number of benzene rings is 3. The van der Waals surface area contributed by atoms with Crippen LogP contribution in [0.1, 0.15) is 48.5 Å². The number of carbonyl (C=O) groups excluding carboxylic acids is 2. The van der Waals surface area contributed by atoms with E-state index in [1.165, 1.54) is 17.9 Å². The first-order valence-electron chi connectivity index (χ1n) is 12.7. The minimum atomic E-state index is -1.08. The van der Waals surface area contributed by atoms with Gasteiger partial charge in [-0.05, 0) is 73.4 Å². The predicted octanol–water partition coefficient (Wildman–Crippen LogP) is 5.21. The molecule has 1 aliphatic rings. The van der Waals surface area contributed by atoms with Crippen LogP contribution >= 0.6 is 0 Å². The Morgan fingerprint density at radius 2 is 1.50 bits per heavy atom. The van der Waals surface area contributed by atoms with E-state index in [4.69, 9.17) is 9.47 Å². The number of amides is 2. The number of rotatable bonds is 9. The van der Waals surface area contributed by atoms with Crippen molar-refractivity contribution in [3.05, 3.63) is 83.9 Å². The molecule has 8 heteroatoms. The summed E-state index contributed by atoms with van der Waals surface area (Å²) in [7, 11) is 1.57. The van der Waals surface area contributed by atoms with E-state index in [2.05, 4.69) is 5.32 Å². The quantitative estimate of drug-likeness (QED) is 0.405. The molecule has 3 aromatic rings. The Hall–Kier alpha value is -4.33. The standard InChI is InChI=1S/C30H32N2O6/c1-20(33)31-26-8-4-6-10-28(26)38-24-17-15-23(16-18-24)37-22-13-11-21(12-14-22)19-29(34)32(2)27-9-5-3-7-25(27)30(35)36/h3,5,7,9,11-18,26,28H,4,6,8,10,19H2,1-2H3,(H,31,33)(H,35,36)/t26-,28-/m0/s1. The van der Waals surface area contributed by atoms with Crippen molar-refractivity contribution >= 4 is 23.5 Å². The number of carbonyl (C=O) groups is 3. The Balaban J connectivity index is 1.33. The van der Waals surface area contributed by atoms with E-state index in [0.29, 0.717) is 17.2 Å². The lowest BCUT2D eigenvalue weighted by Crippen LogP contribution is -2.46. The molecule has 0 bridgehead atoms. The topological polar surface area (TPSA) is 105 Å². The maximum Gasteiger partial charge on any atom is 0.337 e. The number of carboxylic acids is 1. The van der Waals surface area contributed by atoms with E-state index in [1.54, 1.807) is 37.4 Å². The summed E-state index contributed by atoms with van der Waals surface area (Å²) in [5, 5.41) is 12.4. The van der Waals surface area contributed by atoms with Crippen molar-refractivity contribution in [2.24, 2.45) is 0 Å². The van der Waals surface area contributed by atoms with Crippen LogP contribution in [-0.2, 0) is 16.0 Å². The first-order chi connectivity index (χ1) is 18.3. The Bertz CT molecular complexity index is 1270. The van der Waals surface area contributed by atoms with Gasteiger partial charge in [-0.25, -0.2) is 4.79 Å². The maximum absolute atomic E-state index is 12.8. The van der Waals surface area contributed by atoms with Crippen molar-refractivity contribution in [2.45, 2.75) is 51.2 Å². The van der Waals surface area contributed by atoms with Gasteiger partial charge in [-0.15, -0.1) is 0 Å². The van der Waals surface area contributed by atoms with Crippen LogP contribution in [0.4, 0.5) is 5.69 Å². The molecule has 0 saturated heterocycles. The van der Waals surface area contributed by atoms with Gasteiger partial charge in [0.05, 0.1) is 23.7 Å². The second kappa shape index (κ2) is 12.3. The minimum absolute atomic E-state index is 0.0225. The van der Waals surface area contributed by atoms with Crippen LogP contribution in [-0.4, -0.2) is 42.1 Å². The largest absolute Gasteiger partial charge is 0.488 e. The molecule has 0 aromatic heterocycles. The van der Waals surface area contributed by atoms with Crippen molar-refractivity contribution < 1.29 is 29.0 Å². The molecule has 4 rings (SSSR count). The zero-order valence-electron chi connectivity index (χ0n) is 21.6. The van der Waals surface area contributed by atoms with Crippen LogP contribution in [0.5, 0.6) is 17.2 Å². The number of hydrogen-bond acceptors (Lipinski definition) is 5. The molecule has 2 N–H and O–H groups in total. The van der Waals surface area contributed by atoms with Gasteiger partial charge in [0.2, 0.25) is 11.8 Å². The summed E-state index contributed by atoms with van der Waals surface area (Å²) in [4.78, 5) is 37.1. The van der Waals surface area contributed by atoms with Gasteiger partial charge in [0, 0.05) is 14.0 Å². The van der Waals surface area contributed by atoms with Gasteiger partial charge in [0.25, 0.3) is 0 Å². The van der Waals surface area contributed by atoms with Crippen molar-refractivity contribution in [3.8, 4) is 17.2 Å². The smallest absolute Gasteiger partial charge is 0.337 e. The van der Waals surface area contributed by atoms with Gasteiger partial charge < -0.3 is 24.8 Å². The number of nitrogens with zero attached hydrogens (tertiary/aromatic N) is 1. The monoisotopic (exact) mass is 516 g/mol. The molecule has 1 fully saturated rings. The summed E-state index contributed by atoms with van der Waals surface area (Å²) in [5.41, 5.74) is 1.22. The molecule has 0 aliphatic heterocycles. The molecule has 1 aliphatic carbocycles. The molecule has 8 nitrogen and oxygen atoms in total.